The number of hydrogen-bond acceptors (Lipinski definition) is 6. The van der Waals surface area contributed by atoms with Crippen LogP contribution in [0.5, 0.6) is 0 Å². The Morgan fingerprint density at radius 1 is 1.46 bits per heavy atom. The van der Waals surface area contributed by atoms with Crippen LogP contribution in [0.1, 0.15) is 25.6 Å². The molecule has 0 aliphatic rings. The second kappa shape index (κ2) is 7.69. The molecule has 0 N–H and O–H groups in total. The van der Waals surface area contributed by atoms with Crippen molar-refractivity contribution in [2.75, 3.05) is 12.3 Å². The molecule has 0 spiro atoms. The molecule has 132 valence electrons. The molecular weight excluding hydrogens is 347 g/mol. The van der Waals surface area contributed by atoms with Gasteiger partial charge in [-0.3, -0.25) is 4.79 Å². The van der Waals surface area contributed by atoms with Gasteiger partial charge in [0.1, 0.15) is 12.3 Å². The van der Waals surface area contributed by atoms with Gasteiger partial charge in [-0.15, -0.1) is 5.10 Å². The normalized spacial score (nSPS) is 11.9. The SMILES string of the molecule is CC(C)n1nnnc1SCC(=O)N(Cc1ccco1)CC(F)(F)F. The number of nitrogens with zero attached hydrogens (tertiary/aromatic N) is 5. The van der Waals surface area contributed by atoms with Crippen molar-refractivity contribution in [1.29, 1.82) is 0 Å². The number of hydrogen-bond donors (Lipinski definition) is 0. The third kappa shape index (κ3) is 5.25. The summed E-state index contributed by atoms with van der Waals surface area (Å²) in [6.07, 6.45) is -3.15. The van der Waals surface area contributed by atoms with E-state index >= 15 is 0 Å². The van der Waals surface area contributed by atoms with Crippen molar-refractivity contribution >= 4 is 17.7 Å². The quantitative estimate of drug-likeness (QED) is 0.704. The Labute approximate surface area is 140 Å². The van der Waals surface area contributed by atoms with Gasteiger partial charge in [-0.1, -0.05) is 11.8 Å². The molecule has 0 bridgehead atoms. The third-order valence-electron chi connectivity index (χ3n) is 2.93. The van der Waals surface area contributed by atoms with E-state index in [2.05, 4.69) is 15.5 Å². The molecule has 1 amide bonds. The number of thioether (sulfide) groups is 1. The van der Waals surface area contributed by atoms with Gasteiger partial charge in [0.25, 0.3) is 0 Å². The van der Waals surface area contributed by atoms with Crippen LogP contribution < -0.4 is 0 Å². The summed E-state index contributed by atoms with van der Waals surface area (Å²) in [7, 11) is 0. The standard InChI is InChI=1S/C13H16F3N5O2S/c1-9(2)21-12(17-18-19-21)24-7-11(22)20(8-13(14,15)16)6-10-4-3-5-23-10/h3-5,9H,6-8H2,1-2H3. The highest BCUT2D eigenvalue weighted by molar-refractivity contribution is 7.99. The van der Waals surface area contributed by atoms with Crippen LogP contribution in [-0.2, 0) is 11.3 Å². The number of rotatable bonds is 7. The van der Waals surface area contributed by atoms with Gasteiger partial charge in [0.05, 0.1) is 24.6 Å². The summed E-state index contributed by atoms with van der Waals surface area (Å²) in [5, 5.41) is 11.4. The van der Waals surface area contributed by atoms with Crippen LogP contribution in [0.4, 0.5) is 13.2 Å². The molecule has 2 heterocycles. The third-order valence-corrected chi connectivity index (χ3v) is 3.84. The fourth-order valence-corrected chi connectivity index (χ4v) is 2.77. The maximum absolute atomic E-state index is 12.7. The zero-order chi connectivity index (χ0) is 17.7. The van der Waals surface area contributed by atoms with E-state index in [0.717, 1.165) is 11.8 Å². The van der Waals surface area contributed by atoms with Crippen LogP contribution in [0.2, 0.25) is 0 Å². The van der Waals surface area contributed by atoms with Gasteiger partial charge in [-0.05, 0) is 36.4 Å². The number of halogens is 3. The second-order valence-corrected chi connectivity index (χ2v) is 6.18. The summed E-state index contributed by atoms with van der Waals surface area (Å²) in [6, 6.07) is 3.05. The zero-order valence-corrected chi connectivity index (χ0v) is 13.8. The first kappa shape index (κ1) is 18.3. The molecule has 0 atom stereocenters. The Balaban J connectivity index is 2.02. The van der Waals surface area contributed by atoms with Gasteiger partial charge in [-0.25, -0.2) is 4.68 Å². The average Bonchev–Trinajstić information content (AvgIpc) is 3.13. The summed E-state index contributed by atoms with van der Waals surface area (Å²) in [5.41, 5.74) is 0. The van der Waals surface area contributed by atoms with Gasteiger partial charge in [0, 0.05) is 0 Å². The molecule has 0 aliphatic carbocycles. The van der Waals surface area contributed by atoms with Gasteiger partial charge in [-0.2, -0.15) is 13.2 Å². The highest BCUT2D eigenvalue weighted by atomic mass is 32.2. The van der Waals surface area contributed by atoms with Crippen molar-refractivity contribution < 1.29 is 22.4 Å². The smallest absolute Gasteiger partial charge is 0.406 e. The van der Waals surface area contributed by atoms with E-state index in [-0.39, 0.29) is 24.1 Å². The molecular formula is C13H16F3N5O2S. The van der Waals surface area contributed by atoms with Crippen LogP contribution >= 0.6 is 11.8 Å². The Kier molecular flexibility index (Phi) is 5.86. The lowest BCUT2D eigenvalue weighted by Gasteiger charge is -2.22. The first-order valence-electron chi connectivity index (χ1n) is 7.04. The number of carbonyl (C=O) groups is 1. The van der Waals surface area contributed by atoms with Crippen molar-refractivity contribution in [2.45, 2.75) is 37.8 Å². The summed E-state index contributed by atoms with van der Waals surface area (Å²) < 4.78 is 44.7. The molecule has 0 fully saturated rings. The molecule has 11 heteroatoms. The van der Waals surface area contributed by atoms with E-state index in [0.29, 0.717) is 10.1 Å². The Morgan fingerprint density at radius 2 is 2.21 bits per heavy atom. The highest BCUT2D eigenvalue weighted by Gasteiger charge is 2.33. The number of amides is 1. The number of carbonyl (C=O) groups excluding carboxylic acids is 1. The van der Waals surface area contributed by atoms with Gasteiger partial charge >= 0.3 is 6.18 Å². The van der Waals surface area contributed by atoms with E-state index in [1.807, 2.05) is 13.8 Å². The Hall–Kier alpha value is -2.04. The molecule has 2 aromatic rings. The Morgan fingerprint density at radius 3 is 2.79 bits per heavy atom. The fraction of sp³-hybridized carbons (Fsp3) is 0.538. The van der Waals surface area contributed by atoms with E-state index in [9.17, 15) is 18.0 Å². The predicted octanol–water partition coefficient (Wildman–Crippen LogP) is 2.53. The molecule has 0 saturated carbocycles. The molecule has 2 rings (SSSR count). The molecule has 2 aromatic heterocycles. The topological polar surface area (TPSA) is 77.1 Å². The van der Waals surface area contributed by atoms with Gasteiger partial charge in [0.15, 0.2) is 0 Å². The number of tetrazole rings is 1. The largest absolute Gasteiger partial charge is 0.467 e. The van der Waals surface area contributed by atoms with Crippen molar-refractivity contribution in [2.24, 2.45) is 0 Å². The summed E-state index contributed by atoms with van der Waals surface area (Å²) in [6.45, 7) is 2.12. The lowest BCUT2D eigenvalue weighted by atomic mass is 10.3. The summed E-state index contributed by atoms with van der Waals surface area (Å²) >= 11 is 0.995. The monoisotopic (exact) mass is 363 g/mol. The number of aromatic nitrogens is 4. The van der Waals surface area contributed by atoms with Gasteiger partial charge < -0.3 is 9.32 Å². The highest BCUT2D eigenvalue weighted by Crippen LogP contribution is 2.22. The molecule has 0 unspecified atom stereocenters. The maximum atomic E-state index is 12.7. The Bertz CT molecular complexity index is 657. The van der Waals surface area contributed by atoms with E-state index < -0.39 is 18.6 Å². The summed E-state index contributed by atoms with van der Waals surface area (Å²) in [5.74, 6) is -0.596. The molecule has 7 nitrogen and oxygen atoms in total. The molecule has 0 saturated heterocycles. The molecule has 0 aromatic carbocycles. The first-order chi connectivity index (χ1) is 11.3. The van der Waals surface area contributed by atoms with Crippen molar-refractivity contribution in [3.63, 3.8) is 0 Å². The van der Waals surface area contributed by atoms with Gasteiger partial charge in [0.2, 0.25) is 11.1 Å². The van der Waals surface area contributed by atoms with Crippen molar-refractivity contribution in [3.05, 3.63) is 24.2 Å². The summed E-state index contributed by atoms with van der Waals surface area (Å²) in [4.78, 5) is 12.9. The fourth-order valence-electron chi connectivity index (χ4n) is 1.86. The lowest BCUT2D eigenvalue weighted by Crippen LogP contribution is -2.39. The van der Waals surface area contributed by atoms with Crippen LogP contribution in [0.3, 0.4) is 0 Å². The van der Waals surface area contributed by atoms with Crippen LogP contribution in [0.25, 0.3) is 0 Å². The minimum absolute atomic E-state index is 0.0213. The number of alkyl halides is 3. The second-order valence-electron chi connectivity index (χ2n) is 5.23. The zero-order valence-electron chi connectivity index (χ0n) is 13.0. The van der Waals surface area contributed by atoms with E-state index in [1.165, 1.54) is 17.0 Å². The van der Waals surface area contributed by atoms with E-state index in [1.54, 1.807) is 6.07 Å². The minimum Gasteiger partial charge on any atom is -0.467 e. The minimum atomic E-state index is -4.49. The number of furan rings is 1. The van der Waals surface area contributed by atoms with Crippen LogP contribution in [0.15, 0.2) is 28.0 Å². The van der Waals surface area contributed by atoms with Crippen molar-refractivity contribution in [3.8, 4) is 0 Å². The first-order valence-corrected chi connectivity index (χ1v) is 8.02. The molecule has 0 aliphatic heterocycles. The van der Waals surface area contributed by atoms with Crippen molar-refractivity contribution in [1.82, 2.24) is 25.1 Å². The average molecular weight is 363 g/mol. The molecule has 0 radical (unpaired) electrons. The van der Waals surface area contributed by atoms with E-state index in [4.69, 9.17) is 4.42 Å². The van der Waals surface area contributed by atoms with Crippen LogP contribution in [0, 0.1) is 0 Å². The maximum Gasteiger partial charge on any atom is 0.406 e. The predicted molar refractivity (Wildman–Crippen MR) is 79.1 cm³/mol. The lowest BCUT2D eigenvalue weighted by molar-refractivity contribution is -0.161. The molecule has 24 heavy (non-hydrogen) atoms. The van der Waals surface area contributed by atoms with Crippen LogP contribution in [-0.4, -0.2) is 49.5 Å².